The maximum atomic E-state index is 6.28. The number of alkyl halides is 1. The highest BCUT2D eigenvalue weighted by molar-refractivity contribution is 9.10. The number of aromatic nitrogens is 1. The average molecular weight is 383 g/mol. The second kappa shape index (κ2) is 6.39. The van der Waals surface area contributed by atoms with E-state index in [1.807, 2.05) is 12.3 Å². The van der Waals surface area contributed by atoms with Crippen LogP contribution in [0.3, 0.4) is 0 Å². The summed E-state index contributed by atoms with van der Waals surface area (Å²) < 4.78 is 0.931. The molecule has 2 rings (SSSR count). The van der Waals surface area contributed by atoms with Crippen molar-refractivity contribution in [1.82, 2.24) is 4.98 Å². The highest BCUT2D eigenvalue weighted by Gasteiger charge is 2.24. The number of hydrogen-bond acceptors (Lipinski definition) is 2. The van der Waals surface area contributed by atoms with Gasteiger partial charge in [0.15, 0.2) is 0 Å². The molecule has 1 aromatic heterocycles. The largest absolute Gasteiger partial charge is 0.352 e. The van der Waals surface area contributed by atoms with Gasteiger partial charge in [-0.3, -0.25) is 0 Å². The van der Waals surface area contributed by atoms with E-state index < -0.39 is 0 Å². The zero-order chi connectivity index (χ0) is 12.3. The number of rotatable bonds is 3. The van der Waals surface area contributed by atoms with E-state index >= 15 is 0 Å². The van der Waals surface area contributed by atoms with E-state index in [0.717, 1.165) is 33.6 Å². The minimum absolute atomic E-state index is 0.564. The van der Waals surface area contributed by atoms with Crippen LogP contribution < -0.4 is 4.90 Å². The van der Waals surface area contributed by atoms with Crippen LogP contribution in [0.1, 0.15) is 25.7 Å². The van der Waals surface area contributed by atoms with Gasteiger partial charge in [-0.2, -0.15) is 0 Å². The summed E-state index contributed by atoms with van der Waals surface area (Å²) in [5.74, 6) is 0.931. The molecule has 2 heterocycles. The summed E-state index contributed by atoms with van der Waals surface area (Å²) >= 11 is 13.2. The molecule has 5 heteroatoms. The molecule has 0 saturated carbocycles. The smallest absolute Gasteiger partial charge is 0.147 e. The molecule has 1 saturated heterocycles. The van der Waals surface area contributed by atoms with E-state index in [1.165, 1.54) is 19.3 Å². The van der Waals surface area contributed by atoms with Crippen LogP contribution in [-0.4, -0.2) is 22.9 Å². The third-order valence-corrected chi connectivity index (χ3v) is 4.30. The average Bonchev–Trinajstić information content (AvgIpc) is 2.31. The van der Waals surface area contributed by atoms with Crippen molar-refractivity contribution < 1.29 is 0 Å². The molecule has 1 aromatic rings. The minimum Gasteiger partial charge on any atom is -0.352 e. The van der Waals surface area contributed by atoms with E-state index in [2.05, 4.69) is 41.7 Å². The summed E-state index contributed by atoms with van der Waals surface area (Å²) in [6.07, 6.45) is 6.74. The quantitative estimate of drug-likeness (QED) is 0.708. The van der Waals surface area contributed by atoms with Crippen molar-refractivity contribution in [2.24, 2.45) is 0 Å². The fourth-order valence-electron chi connectivity index (χ4n) is 2.32. The number of halogens is 3. The molecule has 0 bridgehead atoms. The van der Waals surface area contributed by atoms with Crippen LogP contribution in [0.2, 0.25) is 5.02 Å². The van der Waals surface area contributed by atoms with E-state index in [4.69, 9.17) is 11.6 Å². The van der Waals surface area contributed by atoms with Gasteiger partial charge >= 0.3 is 0 Å². The van der Waals surface area contributed by atoms with E-state index in [-0.39, 0.29) is 0 Å². The molecular formula is C12H15Br2ClN2. The SMILES string of the molecule is Clc1cc(Br)cnc1N1CCCCC1CCBr. The highest BCUT2D eigenvalue weighted by atomic mass is 79.9. The Bertz CT molecular complexity index is 385. The van der Waals surface area contributed by atoms with Crippen LogP contribution in [0, 0.1) is 0 Å². The first-order valence-corrected chi connectivity index (χ1v) is 8.15. The van der Waals surface area contributed by atoms with Crippen LogP contribution in [-0.2, 0) is 0 Å². The zero-order valence-corrected chi connectivity index (χ0v) is 13.4. The lowest BCUT2D eigenvalue weighted by molar-refractivity contribution is 0.449. The standard InChI is InChI=1S/C12H15Br2ClN2/c13-5-4-10-3-1-2-6-17(10)12-11(15)7-9(14)8-16-12/h7-8,10H,1-6H2. The Morgan fingerprint density at radius 1 is 1.47 bits per heavy atom. The predicted molar refractivity (Wildman–Crippen MR) is 80.3 cm³/mol. The van der Waals surface area contributed by atoms with Crippen LogP contribution in [0.4, 0.5) is 5.82 Å². The first-order valence-electron chi connectivity index (χ1n) is 5.86. The van der Waals surface area contributed by atoms with Crippen molar-refractivity contribution in [1.29, 1.82) is 0 Å². The van der Waals surface area contributed by atoms with Crippen molar-refractivity contribution in [2.45, 2.75) is 31.7 Å². The van der Waals surface area contributed by atoms with Gasteiger partial charge in [0.05, 0.1) is 5.02 Å². The highest BCUT2D eigenvalue weighted by Crippen LogP contribution is 2.32. The Kier molecular flexibility index (Phi) is 5.12. The molecule has 0 aliphatic carbocycles. The molecule has 0 radical (unpaired) electrons. The summed E-state index contributed by atoms with van der Waals surface area (Å²) in [6.45, 7) is 1.06. The Balaban J connectivity index is 2.23. The minimum atomic E-state index is 0.564. The molecular weight excluding hydrogens is 367 g/mol. The molecule has 0 N–H and O–H groups in total. The number of pyridine rings is 1. The summed E-state index contributed by atoms with van der Waals surface area (Å²) in [6, 6.07) is 2.48. The lowest BCUT2D eigenvalue weighted by atomic mass is 10.00. The van der Waals surface area contributed by atoms with Gasteiger partial charge < -0.3 is 4.90 Å². The maximum Gasteiger partial charge on any atom is 0.147 e. The first-order chi connectivity index (χ1) is 8.22. The molecule has 1 unspecified atom stereocenters. The number of hydrogen-bond donors (Lipinski definition) is 0. The zero-order valence-electron chi connectivity index (χ0n) is 9.50. The van der Waals surface area contributed by atoms with Gasteiger partial charge in [-0.05, 0) is 47.7 Å². The molecule has 0 amide bonds. The Morgan fingerprint density at radius 3 is 3.00 bits per heavy atom. The molecule has 1 atom stereocenters. The van der Waals surface area contributed by atoms with Crippen molar-refractivity contribution in [2.75, 3.05) is 16.8 Å². The molecule has 0 spiro atoms. The molecule has 1 aliphatic heterocycles. The Morgan fingerprint density at radius 2 is 2.29 bits per heavy atom. The van der Waals surface area contributed by atoms with Crippen LogP contribution in [0.25, 0.3) is 0 Å². The predicted octanol–water partition coefficient (Wildman–Crippen LogP) is 4.64. The van der Waals surface area contributed by atoms with E-state index in [9.17, 15) is 0 Å². The third-order valence-electron chi connectivity index (χ3n) is 3.13. The fraction of sp³-hybridized carbons (Fsp3) is 0.583. The molecule has 1 aliphatic rings. The second-order valence-electron chi connectivity index (χ2n) is 4.28. The van der Waals surface area contributed by atoms with E-state index in [0.29, 0.717) is 6.04 Å². The van der Waals surface area contributed by atoms with Gasteiger partial charge in [0.25, 0.3) is 0 Å². The van der Waals surface area contributed by atoms with Gasteiger partial charge in [0.2, 0.25) is 0 Å². The van der Waals surface area contributed by atoms with Crippen LogP contribution in [0.15, 0.2) is 16.7 Å². The van der Waals surface area contributed by atoms with Gasteiger partial charge in [-0.25, -0.2) is 4.98 Å². The Labute approximate surface area is 124 Å². The lowest BCUT2D eigenvalue weighted by Gasteiger charge is -2.37. The summed E-state index contributed by atoms with van der Waals surface area (Å²) in [5.41, 5.74) is 0. The molecule has 17 heavy (non-hydrogen) atoms. The van der Waals surface area contributed by atoms with Crippen molar-refractivity contribution in [3.05, 3.63) is 21.8 Å². The summed E-state index contributed by atoms with van der Waals surface area (Å²) in [4.78, 5) is 6.83. The monoisotopic (exact) mass is 380 g/mol. The van der Waals surface area contributed by atoms with Gasteiger partial charge in [0.1, 0.15) is 5.82 Å². The number of anilines is 1. The van der Waals surface area contributed by atoms with Crippen LogP contribution in [0.5, 0.6) is 0 Å². The first kappa shape index (κ1) is 13.6. The van der Waals surface area contributed by atoms with Gasteiger partial charge in [0, 0.05) is 28.6 Å². The molecule has 94 valence electrons. The number of piperidine rings is 1. The molecule has 2 nitrogen and oxygen atoms in total. The third kappa shape index (κ3) is 3.36. The fourth-order valence-corrected chi connectivity index (χ4v) is 3.59. The number of nitrogens with zero attached hydrogens (tertiary/aromatic N) is 2. The van der Waals surface area contributed by atoms with Crippen molar-refractivity contribution in [3.63, 3.8) is 0 Å². The Hall–Kier alpha value is 0.200. The van der Waals surface area contributed by atoms with Gasteiger partial charge in [-0.1, -0.05) is 27.5 Å². The lowest BCUT2D eigenvalue weighted by Crippen LogP contribution is -2.40. The summed E-state index contributed by atoms with van der Waals surface area (Å²) in [7, 11) is 0. The molecule has 0 aromatic carbocycles. The van der Waals surface area contributed by atoms with Crippen LogP contribution >= 0.6 is 43.5 Å². The van der Waals surface area contributed by atoms with Crippen molar-refractivity contribution in [3.8, 4) is 0 Å². The summed E-state index contributed by atoms with van der Waals surface area (Å²) in [5, 5.41) is 1.77. The van der Waals surface area contributed by atoms with Crippen molar-refractivity contribution >= 4 is 49.3 Å². The topological polar surface area (TPSA) is 16.1 Å². The van der Waals surface area contributed by atoms with Gasteiger partial charge in [-0.15, -0.1) is 0 Å². The normalized spacial score (nSPS) is 20.6. The second-order valence-corrected chi connectivity index (χ2v) is 6.40. The maximum absolute atomic E-state index is 6.28. The van der Waals surface area contributed by atoms with E-state index in [1.54, 1.807) is 0 Å². The molecule has 1 fully saturated rings.